The van der Waals surface area contributed by atoms with Crippen molar-refractivity contribution in [1.29, 1.82) is 0 Å². The Hall–Kier alpha value is -1.90. The van der Waals surface area contributed by atoms with E-state index in [1.807, 2.05) is 18.2 Å². The van der Waals surface area contributed by atoms with Crippen molar-refractivity contribution in [1.82, 2.24) is 4.98 Å². The number of carbonyl (C=O) groups is 1. The number of fused-ring (bicyclic) bond motifs is 1. The fourth-order valence-corrected chi connectivity index (χ4v) is 1.91. The van der Waals surface area contributed by atoms with Gasteiger partial charge in [-0.2, -0.15) is 0 Å². The quantitative estimate of drug-likeness (QED) is 0.819. The second-order valence-corrected chi connectivity index (χ2v) is 4.17. The van der Waals surface area contributed by atoms with Crippen molar-refractivity contribution in [2.75, 3.05) is 0 Å². The number of hydrogen-bond donors (Lipinski definition) is 1. The normalized spacial score (nSPS) is 10.6. The van der Waals surface area contributed by atoms with E-state index in [0.29, 0.717) is 11.7 Å². The first-order valence-corrected chi connectivity index (χ1v) is 5.85. The van der Waals surface area contributed by atoms with Gasteiger partial charge in [0.1, 0.15) is 0 Å². The summed E-state index contributed by atoms with van der Waals surface area (Å²) in [6.45, 7) is 2.14. The first kappa shape index (κ1) is 11.6. The Bertz CT molecular complexity index is 599. The zero-order valence-corrected chi connectivity index (χ0v) is 9.82. The number of aldehydes is 1. The van der Waals surface area contributed by atoms with Crippen LogP contribution >= 0.6 is 0 Å². The van der Waals surface area contributed by atoms with Crippen LogP contribution in [0.4, 0.5) is 0 Å². The number of benzene rings is 1. The average molecular weight is 229 g/mol. The summed E-state index contributed by atoms with van der Waals surface area (Å²) in [6.07, 6.45) is 5.26. The number of unbranched alkanes of at least 4 members (excludes halogenated alkanes) is 1. The summed E-state index contributed by atoms with van der Waals surface area (Å²) in [5, 5.41) is 0.600. The van der Waals surface area contributed by atoms with E-state index in [1.165, 1.54) is 6.20 Å². The maximum Gasteiger partial charge on any atom is 0.199 e. The number of nitrogens with one attached hydrogen (secondary N) is 1. The minimum absolute atomic E-state index is 0.185. The summed E-state index contributed by atoms with van der Waals surface area (Å²) in [7, 11) is 0. The number of carbonyl (C=O) groups excluding carboxylic acids is 1. The molecule has 3 nitrogen and oxygen atoms in total. The first-order valence-electron chi connectivity index (χ1n) is 5.85. The van der Waals surface area contributed by atoms with Crippen molar-refractivity contribution >= 4 is 17.2 Å². The van der Waals surface area contributed by atoms with Gasteiger partial charge in [0, 0.05) is 17.1 Å². The lowest BCUT2D eigenvalue weighted by Crippen LogP contribution is -2.09. The Morgan fingerprint density at radius 2 is 2.18 bits per heavy atom. The van der Waals surface area contributed by atoms with Crippen LogP contribution in [0.2, 0.25) is 0 Å². The molecular formula is C14H15NO2. The van der Waals surface area contributed by atoms with Crippen LogP contribution in [0.25, 0.3) is 10.9 Å². The maximum atomic E-state index is 11.9. The lowest BCUT2D eigenvalue weighted by molar-refractivity contribution is 0.112. The summed E-state index contributed by atoms with van der Waals surface area (Å²) in [6, 6.07) is 5.81. The van der Waals surface area contributed by atoms with Crippen molar-refractivity contribution in [2.45, 2.75) is 26.2 Å². The largest absolute Gasteiger partial charge is 0.360 e. The van der Waals surface area contributed by atoms with Crippen LogP contribution in [-0.2, 0) is 6.42 Å². The molecule has 1 aromatic carbocycles. The number of aromatic nitrogens is 1. The third-order valence-corrected chi connectivity index (χ3v) is 2.92. The van der Waals surface area contributed by atoms with Crippen LogP contribution in [-0.4, -0.2) is 11.3 Å². The average Bonchev–Trinajstić information content (AvgIpc) is 2.37. The van der Waals surface area contributed by atoms with Gasteiger partial charge in [0.25, 0.3) is 0 Å². The molecule has 0 amide bonds. The van der Waals surface area contributed by atoms with E-state index in [9.17, 15) is 9.59 Å². The summed E-state index contributed by atoms with van der Waals surface area (Å²) in [5.41, 5.74) is 1.92. The van der Waals surface area contributed by atoms with Gasteiger partial charge in [-0.15, -0.1) is 0 Å². The van der Waals surface area contributed by atoms with Crippen molar-refractivity contribution < 1.29 is 4.79 Å². The molecule has 0 atom stereocenters. The summed E-state index contributed by atoms with van der Waals surface area (Å²) in [5.74, 6) is 0. The van der Waals surface area contributed by atoms with Crippen LogP contribution in [0.5, 0.6) is 0 Å². The lowest BCUT2D eigenvalue weighted by Gasteiger charge is -2.03. The summed E-state index contributed by atoms with van der Waals surface area (Å²) >= 11 is 0. The molecule has 0 spiro atoms. The van der Waals surface area contributed by atoms with E-state index in [2.05, 4.69) is 11.9 Å². The minimum atomic E-state index is -0.188. The van der Waals surface area contributed by atoms with Gasteiger partial charge < -0.3 is 4.98 Å². The van der Waals surface area contributed by atoms with Crippen LogP contribution in [0.3, 0.4) is 0 Å². The molecule has 2 aromatic rings. The molecular weight excluding hydrogens is 214 g/mol. The number of hydrogen-bond acceptors (Lipinski definition) is 2. The molecule has 0 saturated carbocycles. The van der Waals surface area contributed by atoms with E-state index >= 15 is 0 Å². The van der Waals surface area contributed by atoms with E-state index in [1.54, 1.807) is 0 Å². The Morgan fingerprint density at radius 1 is 1.35 bits per heavy atom. The molecule has 1 aromatic heterocycles. The van der Waals surface area contributed by atoms with Gasteiger partial charge in [-0.1, -0.05) is 19.4 Å². The Labute approximate surface area is 99.5 Å². The zero-order chi connectivity index (χ0) is 12.3. The molecule has 0 unspecified atom stereocenters. The Kier molecular flexibility index (Phi) is 3.38. The standard InChI is InChI=1S/C14H15NO2/c1-2-3-4-10-5-6-13-12(7-10)14(17)11(9-16)8-15-13/h5-9H,2-4H2,1H3,(H,15,17). The molecule has 17 heavy (non-hydrogen) atoms. The minimum Gasteiger partial charge on any atom is -0.360 e. The van der Waals surface area contributed by atoms with Crippen molar-refractivity contribution in [3.05, 3.63) is 45.7 Å². The second kappa shape index (κ2) is 4.95. The van der Waals surface area contributed by atoms with Crippen LogP contribution in [0, 0.1) is 0 Å². The van der Waals surface area contributed by atoms with Crippen molar-refractivity contribution in [3.8, 4) is 0 Å². The highest BCUT2D eigenvalue weighted by Gasteiger charge is 2.04. The van der Waals surface area contributed by atoms with Gasteiger partial charge in [-0.3, -0.25) is 9.59 Å². The molecule has 0 aliphatic carbocycles. The monoisotopic (exact) mass is 229 g/mol. The van der Waals surface area contributed by atoms with Crippen LogP contribution < -0.4 is 5.43 Å². The molecule has 0 bridgehead atoms. The summed E-state index contributed by atoms with van der Waals surface area (Å²) < 4.78 is 0. The predicted octanol–water partition coefficient (Wildman–Crippen LogP) is 2.68. The summed E-state index contributed by atoms with van der Waals surface area (Å²) in [4.78, 5) is 25.6. The molecule has 0 aliphatic rings. The van der Waals surface area contributed by atoms with Gasteiger partial charge in [-0.25, -0.2) is 0 Å². The van der Waals surface area contributed by atoms with Gasteiger partial charge in [0.2, 0.25) is 0 Å². The Balaban J connectivity index is 2.54. The van der Waals surface area contributed by atoms with Gasteiger partial charge in [-0.05, 0) is 30.5 Å². The van der Waals surface area contributed by atoms with E-state index in [-0.39, 0.29) is 11.0 Å². The van der Waals surface area contributed by atoms with Gasteiger partial charge in [0.15, 0.2) is 11.7 Å². The van der Waals surface area contributed by atoms with E-state index in [0.717, 1.165) is 30.3 Å². The molecule has 3 heteroatoms. The zero-order valence-electron chi connectivity index (χ0n) is 9.82. The lowest BCUT2D eigenvalue weighted by atomic mass is 10.0. The third kappa shape index (κ3) is 2.28. The fraction of sp³-hybridized carbons (Fsp3) is 0.286. The maximum absolute atomic E-state index is 11.9. The molecule has 0 aliphatic heterocycles. The molecule has 0 fully saturated rings. The highest BCUT2D eigenvalue weighted by Crippen LogP contribution is 2.13. The number of H-pyrrole nitrogens is 1. The smallest absolute Gasteiger partial charge is 0.199 e. The highest BCUT2D eigenvalue weighted by atomic mass is 16.1. The van der Waals surface area contributed by atoms with Gasteiger partial charge in [0.05, 0.1) is 5.56 Å². The number of rotatable bonds is 4. The molecule has 1 N–H and O–H groups in total. The molecule has 2 rings (SSSR count). The predicted molar refractivity (Wildman–Crippen MR) is 68.6 cm³/mol. The molecule has 0 saturated heterocycles. The number of aromatic amines is 1. The van der Waals surface area contributed by atoms with Crippen molar-refractivity contribution in [2.24, 2.45) is 0 Å². The molecule has 0 radical (unpaired) electrons. The molecule has 88 valence electrons. The van der Waals surface area contributed by atoms with Gasteiger partial charge >= 0.3 is 0 Å². The highest BCUT2D eigenvalue weighted by molar-refractivity contribution is 5.85. The SMILES string of the molecule is CCCCc1ccc2[nH]cc(C=O)c(=O)c2c1. The molecule has 1 heterocycles. The van der Waals surface area contributed by atoms with Crippen molar-refractivity contribution in [3.63, 3.8) is 0 Å². The Morgan fingerprint density at radius 3 is 2.88 bits per heavy atom. The number of aryl methyl sites for hydroxylation is 1. The first-order chi connectivity index (χ1) is 8.26. The van der Waals surface area contributed by atoms with Crippen LogP contribution in [0.1, 0.15) is 35.7 Å². The number of pyridine rings is 1. The van der Waals surface area contributed by atoms with E-state index < -0.39 is 0 Å². The topological polar surface area (TPSA) is 49.9 Å². The van der Waals surface area contributed by atoms with Crippen LogP contribution in [0.15, 0.2) is 29.2 Å². The second-order valence-electron chi connectivity index (χ2n) is 4.17. The fourth-order valence-electron chi connectivity index (χ4n) is 1.91. The van der Waals surface area contributed by atoms with E-state index in [4.69, 9.17) is 0 Å². The third-order valence-electron chi connectivity index (χ3n) is 2.92.